The van der Waals surface area contributed by atoms with Crippen molar-refractivity contribution in [2.75, 3.05) is 13.1 Å². The van der Waals surface area contributed by atoms with E-state index in [0.717, 1.165) is 47.0 Å². The highest BCUT2D eigenvalue weighted by Crippen LogP contribution is 2.39. The van der Waals surface area contributed by atoms with E-state index in [0.29, 0.717) is 15.6 Å². The molecular formula is C26H27ClN4O3S. The molecule has 4 heterocycles. The van der Waals surface area contributed by atoms with Crippen molar-refractivity contribution in [3.05, 3.63) is 75.4 Å². The molecular weight excluding hydrogens is 484 g/mol. The lowest BCUT2D eigenvalue weighted by Crippen LogP contribution is -2.18. The molecule has 1 saturated heterocycles. The highest BCUT2D eigenvalue weighted by atomic mass is 35.5. The maximum atomic E-state index is 12.2. The van der Waals surface area contributed by atoms with Gasteiger partial charge in [0, 0.05) is 29.4 Å². The second-order valence-electron chi connectivity index (χ2n) is 8.83. The first kappa shape index (κ1) is 23.8. The molecule has 0 aliphatic carbocycles. The van der Waals surface area contributed by atoms with Gasteiger partial charge in [0.05, 0.1) is 23.4 Å². The normalized spacial score (nSPS) is 15.1. The Balaban J connectivity index is 1.41. The van der Waals surface area contributed by atoms with Crippen LogP contribution in [0.5, 0.6) is 5.75 Å². The summed E-state index contributed by atoms with van der Waals surface area (Å²) in [5.74, 6) is -0.143. The SMILES string of the molecule is C[C@@H](Oc1cc(-c2cnc3ccc(CO)cn23)sc1C(N)=O)c1ccc(CN2CCCC2)cc1Cl. The van der Waals surface area contributed by atoms with Gasteiger partial charge in [0.25, 0.3) is 5.91 Å². The van der Waals surface area contributed by atoms with E-state index in [1.165, 1.54) is 29.7 Å². The van der Waals surface area contributed by atoms with Crippen LogP contribution in [-0.2, 0) is 13.2 Å². The molecule has 0 saturated carbocycles. The lowest BCUT2D eigenvalue weighted by Gasteiger charge is -2.19. The molecule has 1 aliphatic rings. The first-order valence-electron chi connectivity index (χ1n) is 11.6. The Kier molecular flexibility index (Phi) is 6.80. The van der Waals surface area contributed by atoms with E-state index >= 15 is 0 Å². The first-order chi connectivity index (χ1) is 16.9. The summed E-state index contributed by atoms with van der Waals surface area (Å²) in [5, 5.41) is 10.2. The molecule has 4 aromatic rings. The minimum absolute atomic E-state index is 0.0754. The van der Waals surface area contributed by atoms with Crippen LogP contribution in [0.25, 0.3) is 16.2 Å². The van der Waals surface area contributed by atoms with Crippen molar-refractivity contribution >= 4 is 34.5 Å². The number of carbonyl (C=O) groups is 1. The summed E-state index contributed by atoms with van der Waals surface area (Å²) in [4.78, 5) is 20.2. The number of imidazole rings is 1. The highest BCUT2D eigenvalue weighted by molar-refractivity contribution is 7.17. The number of aromatic nitrogens is 2. The maximum Gasteiger partial charge on any atom is 0.262 e. The van der Waals surface area contributed by atoms with Gasteiger partial charge in [0.2, 0.25) is 0 Å². The molecule has 1 atom stereocenters. The molecule has 35 heavy (non-hydrogen) atoms. The zero-order chi connectivity index (χ0) is 24.5. The summed E-state index contributed by atoms with van der Waals surface area (Å²) >= 11 is 7.89. The number of likely N-dealkylation sites (tertiary alicyclic amines) is 1. The van der Waals surface area contributed by atoms with E-state index in [-0.39, 0.29) is 12.7 Å². The number of ether oxygens (including phenoxy) is 1. The van der Waals surface area contributed by atoms with Crippen LogP contribution in [0.15, 0.2) is 48.8 Å². The van der Waals surface area contributed by atoms with Gasteiger partial charge in [-0.1, -0.05) is 29.8 Å². The fourth-order valence-electron chi connectivity index (χ4n) is 4.51. The van der Waals surface area contributed by atoms with Gasteiger partial charge < -0.3 is 15.6 Å². The number of hydrogen-bond donors (Lipinski definition) is 2. The molecule has 9 heteroatoms. The van der Waals surface area contributed by atoms with Gasteiger partial charge in [0.1, 0.15) is 22.4 Å². The number of amides is 1. The van der Waals surface area contributed by atoms with Gasteiger partial charge in [-0.2, -0.15) is 0 Å². The van der Waals surface area contributed by atoms with Crippen LogP contribution in [0.4, 0.5) is 0 Å². The Morgan fingerprint density at radius 3 is 2.71 bits per heavy atom. The maximum absolute atomic E-state index is 12.2. The zero-order valence-electron chi connectivity index (χ0n) is 19.4. The van der Waals surface area contributed by atoms with Crippen LogP contribution in [0.3, 0.4) is 0 Å². The number of benzene rings is 1. The zero-order valence-corrected chi connectivity index (χ0v) is 21.0. The molecule has 5 rings (SSSR count). The second kappa shape index (κ2) is 9.99. The molecule has 1 fully saturated rings. The summed E-state index contributed by atoms with van der Waals surface area (Å²) in [6, 6.07) is 11.6. The standard InChI is InChI=1S/C26H27ClN4O3S/c1-16(19-6-4-17(10-20(19)27)13-30-8-2-3-9-30)34-22-11-23(35-25(22)26(28)33)21-12-29-24-7-5-18(15-32)14-31(21)24/h4-7,10-12,14,16,32H,2-3,8-9,13,15H2,1H3,(H2,28,33)/t16-/m1/s1. The summed E-state index contributed by atoms with van der Waals surface area (Å²) < 4.78 is 8.11. The molecule has 182 valence electrons. The summed E-state index contributed by atoms with van der Waals surface area (Å²) in [6.07, 6.45) is 5.68. The smallest absolute Gasteiger partial charge is 0.262 e. The van der Waals surface area contributed by atoms with Crippen molar-refractivity contribution in [2.45, 2.75) is 39.0 Å². The summed E-state index contributed by atoms with van der Waals surface area (Å²) in [5.41, 5.74) is 10.0. The number of thiophene rings is 1. The molecule has 0 radical (unpaired) electrons. The third-order valence-corrected chi connectivity index (χ3v) is 7.82. The van der Waals surface area contributed by atoms with Gasteiger partial charge in [-0.05, 0) is 56.1 Å². The number of rotatable bonds is 8. The Labute approximate surface area is 212 Å². The number of carbonyl (C=O) groups excluding carboxylic acids is 1. The van der Waals surface area contributed by atoms with Crippen LogP contribution < -0.4 is 10.5 Å². The van der Waals surface area contributed by atoms with Crippen LogP contribution in [0.2, 0.25) is 5.02 Å². The molecule has 0 spiro atoms. The van der Waals surface area contributed by atoms with Crippen molar-refractivity contribution in [3.63, 3.8) is 0 Å². The molecule has 0 unspecified atom stereocenters. The second-order valence-corrected chi connectivity index (χ2v) is 10.3. The minimum Gasteiger partial charge on any atom is -0.484 e. The topological polar surface area (TPSA) is 93.1 Å². The van der Waals surface area contributed by atoms with E-state index < -0.39 is 5.91 Å². The van der Waals surface area contributed by atoms with E-state index in [2.05, 4.69) is 16.0 Å². The number of aliphatic hydroxyl groups excluding tert-OH is 1. The largest absolute Gasteiger partial charge is 0.484 e. The number of pyridine rings is 1. The fraction of sp³-hybridized carbons (Fsp3) is 0.308. The molecule has 1 amide bonds. The van der Waals surface area contributed by atoms with Crippen molar-refractivity contribution in [1.29, 1.82) is 0 Å². The number of halogens is 1. The fourth-order valence-corrected chi connectivity index (χ4v) is 5.82. The Bertz CT molecular complexity index is 1380. The lowest BCUT2D eigenvalue weighted by atomic mass is 10.1. The molecule has 1 aliphatic heterocycles. The van der Waals surface area contributed by atoms with Gasteiger partial charge in [0.15, 0.2) is 0 Å². The number of aliphatic hydroxyl groups is 1. The molecule has 7 nitrogen and oxygen atoms in total. The first-order valence-corrected chi connectivity index (χ1v) is 12.8. The van der Waals surface area contributed by atoms with E-state index in [4.69, 9.17) is 22.1 Å². The van der Waals surface area contributed by atoms with Gasteiger partial charge in [-0.25, -0.2) is 4.98 Å². The number of nitrogens with two attached hydrogens (primary N) is 1. The Morgan fingerprint density at radius 1 is 1.23 bits per heavy atom. The Morgan fingerprint density at radius 2 is 2.00 bits per heavy atom. The van der Waals surface area contributed by atoms with E-state index in [1.54, 1.807) is 6.20 Å². The van der Waals surface area contributed by atoms with Crippen LogP contribution in [0, 0.1) is 0 Å². The third kappa shape index (κ3) is 4.92. The van der Waals surface area contributed by atoms with Crippen molar-refractivity contribution in [2.24, 2.45) is 5.73 Å². The third-order valence-electron chi connectivity index (χ3n) is 6.34. The van der Waals surface area contributed by atoms with Gasteiger partial charge in [-0.3, -0.25) is 14.1 Å². The van der Waals surface area contributed by atoms with Gasteiger partial charge in [-0.15, -0.1) is 11.3 Å². The van der Waals surface area contributed by atoms with Crippen LogP contribution >= 0.6 is 22.9 Å². The average molecular weight is 511 g/mol. The number of nitrogens with zero attached hydrogens (tertiary/aromatic N) is 3. The highest BCUT2D eigenvalue weighted by Gasteiger charge is 2.22. The van der Waals surface area contributed by atoms with Gasteiger partial charge >= 0.3 is 0 Å². The quantitative estimate of drug-likeness (QED) is 0.346. The van der Waals surface area contributed by atoms with Crippen molar-refractivity contribution in [3.8, 4) is 16.3 Å². The lowest BCUT2D eigenvalue weighted by molar-refractivity contribution is 0.0998. The van der Waals surface area contributed by atoms with Crippen LogP contribution in [-0.4, -0.2) is 38.4 Å². The van der Waals surface area contributed by atoms with E-state index in [1.807, 2.05) is 47.9 Å². The number of primary amides is 1. The van der Waals surface area contributed by atoms with Crippen LogP contribution in [0.1, 0.15) is 52.2 Å². The predicted molar refractivity (Wildman–Crippen MR) is 138 cm³/mol. The number of fused-ring (bicyclic) bond motifs is 1. The average Bonchev–Trinajstić information content (AvgIpc) is 3.58. The molecule has 3 N–H and O–H groups in total. The number of hydrogen-bond acceptors (Lipinski definition) is 6. The monoisotopic (exact) mass is 510 g/mol. The minimum atomic E-state index is -0.555. The van der Waals surface area contributed by atoms with Crippen molar-refractivity contribution in [1.82, 2.24) is 14.3 Å². The molecule has 1 aromatic carbocycles. The molecule has 0 bridgehead atoms. The summed E-state index contributed by atoms with van der Waals surface area (Å²) in [7, 11) is 0. The summed E-state index contributed by atoms with van der Waals surface area (Å²) in [6.45, 7) is 4.98. The predicted octanol–water partition coefficient (Wildman–Crippen LogP) is 5.04. The Hall–Kier alpha value is -2.91. The van der Waals surface area contributed by atoms with E-state index in [9.17, 15) is 9.90 Å². The van der Waals surface area contributed by atoms with Crippen molar-refractivity contribution < 1.29 is 14.6 Å². The molecule has 3 aromatic heterocycles.